The Hall–Kier alpha value is -3.20. The van der Waals surface area contributed by atoms with Gasteiger partial charge in [-0.2, -0.15) is 5.11 Å². The molecule has 3 N–H and O–H groups in total. The van der Waals surface area contributed by atoms with Crippen molar-refractivity contribution >= 4 is 43.9 Å². The molecule has 9 heteroatoms. The van der Waals surface area contributed by atoms with E-state index in [2.05, 4.69) is 10.2 Å². The number of primary sulfonamides is 1. The lowest BCUT2D eigenvalue weighted by molar-refractivity contribution is 0.429. The Balaban J connectivity index is 1.76. The number of hydrogen-bond acceptors (Lipinski definition) is 5. The topological polar surface area (TPSA) is 110 Å². The minimum absolute atomic E-state index is 0.0180. The van der Waals surface area contributed by atoms with Crippen LogP contribution >= 0.6 is 11.6 Å². The molecule has 0 unspecified atom stereocenters. The fourth-order valence-corrected chi connectivity index (χ4v) is 3.82. The number of benzene rings is 3. The van der Waals surface area contributed by atoms with E-state index in [0.717, 1.165) is 11.1 Å². The zero-order valence-electron chi connectivity index (χ0n) is 15.6. The van der Waals surface area contributed by atoms with Crippen LogP contribution in [0.5, 0.6) is 5.88 Å². The molecule has 0 fully saturated rings. The third-order valence-electron chi connectivity index (χ3n) is 4.59. The molecule has 4 rings (SSSR count). The molecule has 0 spiro atoms. The van der Waals surface area contributed by atoms with Crippen molar-refractivity contribution in [2.45, 2.75) is 11.4 Å². The molecule has 0 aliphatic carbocycles. The lowest BCUT2D eigenvalue weighted by Gasteiger charge is -2.07. The first-order chi connectivity index (χ1) is 14.3. The fraction of sp³-hybridized carbons (Fsp3) is 0.0476. The third-order valence-corrected chi connectivity index (χ3v) is 5.75. The van der Waals surface area contributed by atoms with E-state index in [0.29, 0.717) is 22.6 Å². The van der Waals surface area contributed by atoms with E-state index < -0.39 is 10.0 Å². The van der Waals surface area contributed by atoms with Gasteiger partial charge in [-0.05, 0) is 48.0 Å². The molecule has 0 radical (unpaired) electrons. The fourth-order valence-electron chi connectivity index (χ4n) is 3.13. The van der Waals surface area contributed by atoms with Gasteiger partial charge in [-0.3, -0.25) is 0 Å². The molecular weight excluding hydrogens is 424 g/mol. The molecule has 7 nitrogen and oxygen atoms in total. The van der Waals surface area contributed by atoms with Crippen LogP contribution in [-0.2, 0) is 16.6 Å². The van der Waals surface area contributed by atoms with Crippen molar-refractivity contribution < 1.29 is 13.5 Å². The maximum Gasteiger partial charge on any atom is 0.238 e. The van der Waals surface area contributed by atoms with Crippen LogP contribution in [0.1, 0.15) is 5.56 Å². The average molecular weight is 441 g/mol. The number of fused-ring (bicyclic) bond motifs is 1. The Morgan fingerprint density at radius 3 is 2.33 bits per heavy atom. The SMILES string of the molecule is NS(=O)(=O)c1ccc(N=Nc2c(O)n(Cc3ccccc3)c3ccc(Cl)cc23)cc1. The molecule has 1 aromatic heterocycles. The zero-order chi connectivity index (χ0) is 21.3. The number of hydrogen-bond donors (Lipinski definition) is 2. The summed E-state index contributed by atoms with van der Waals surface area (Å²) in [5, 5.41) is 25.5. The number of azo groups is 1. The summed E-state index contributed by atoms with van der Waals surface area (Å²) in [6.07, 6.45) is 0. The van der Waals surface area contributed by atoms with Gasteiger partial charge in [0.25, 0.3) is 0 Å². The summed E-state index contributed by atoms with van der Waals surface area (Å²) >= 11 is 6.16. The van der Waals surface area contributed by atoms with Crippen molar-refractivity contribution in [2.24, 2.45) is 15.4 Å². The van der Waals surface area contributed by atoms with Crippen molar-refractivity contribution in [1.82, 2.24) is 4.57 Å². The van der Waals surface area contributed by atoms with Gasteiger partial charge in [0.1, 0.15) is 0 Å². The molecule has 0 atom stereocenters. The summed E-state index contributed by atoms with van der Waals surface area (Å²) < 4.78 is 24.5. The molecule has 30 heavy (non-hydrogen) atoms. The number of nitrogens with zero attached hydrogens (tertiary/aromatic N) is 3. The highest BCUT2D eigenvalue weighted by atomic mass is 35.5. The van der Waals surface area contributed by atoms with Crippen LogP contribution in [0, 0.1) is 0 Å². The van der Waals surface area contributed by atoms with E-state index in [9.17, 15) is 13.5 Å². The number of aromatic hydroxyl groups is 1. The van der Waals surface area contributed by atoms with Crippen molar-refractivity contribution in [3.8, 4) is 5.88 Å². The van der Waals surface area contributed by atoms with E-state index in [1.807, 2.05) is 36.4 Å². The molecule has 0 saturated carbocycles. The van der Waals surface area contributed by atoms with Crippen LogP contribution in [0.3, 0.4) is 0 Å². The second-order valence-corrected chi connectivity index (χ2v) is 8.64. The van der Waals surface area contributed by atoms with Crippen molar-refractivity contribution in [2.75, 3.05) is 0 Å². The van der Waals surface area contributed by atoms with Gasteiger partial charge in [-0.15, -0.1) is 5.11 Å². The monoisotopic (exact) mass is 440 g/mol. The third kappa shape index (κ3) is 4.06. The molecule has 3 aromatic carbocycles. The minimum atomic E-state index is -3.78. The Morgan fingerprint density at radius 1 is 0.967 bits per heavy atom. The largest absolute Gasteiger partial charge is 0.493 e. The molecule has 1 heterocycles. The molecule has 152 valence electrons. The van der Waals surface area contributed by atoms with Crippen LogP contribution in [0.15, 0.2) is 87.9 Å². The summed E-state index contributed by atoms with van der Waals surface area (Å²) in [6, 6.07) is 20.7. The highest BCUT2D eigenvalue weighted by Crippen LogP contribution is 2.41. The van der Waals surface area contributed by atoms with Crippen molar-refractivity contribution in [3.05, 3.63) is 83.4 Å². The number of sulfonamides is 1. The summed E-state index contributed by atoms with van der Waals surface area (Å²) in [5.41, 5.74) is 2.47. The molecule has 0 saturated heterocycles. The molecule has 0 amide bonds. The van der Waals surface area contributed by atoms with Crippen LogP contribution in [-0.4, -0.2) is 18.1 Å². The molecular formula is C21H17ClN4O3S. The molecule has 4 aromatic rings. The van der Waals surface area contributed by atoms with Gasteiger partial charge >= 0.3 is 0 Å². The van der Waals surface area contributed by atoms with Gasteiger partial charge in [0.05, 0.1) is 22.6 Å². The average Bonchev–Trinajstić information content (AvgIpc) is 2.97. The molecule has 0 aliphatic rings. The second-order valence-electron chi connectivity index (χ2n) is 6.64. The first-order valence-corrected chi connectivity index (χ1v) is 10.8. The number of halogens is 1. The first-order valence-electron chi connectivity index (χ1n) is 8.92. The summed E-state index contributed by atoms with van der Waals surface area (Å²) in [7, 11) is -3.78. The predicted molar refractivity (Wildman–Crippen MR) is 116 cm³/mol. The van der Waals surface area contributed by atoms with E-state index in [4.69, 9.17) is 16.7 Å². The smallest absolute Gasteiger partial charge is 0.238 e. The van der Waals surface area contributed by atoms with Gasteiger partial charge in [-0.25, -0.2) is 13.6 Å². The maximum atomic E-state index is 11.4. The lowest BCUT2D eigenvalue weighted by Crippen LogP contribution is -2.11. The standard InChI is InChI=1S/C21H17ClN4O3S/c22-15-6-11-19-18(12-15)20(21(27)26(19)13-14-4-2-1-3-5-14)25-24-16-7-9-17(10-8-16)30(23,28)29/h1-12,27H,13H2,(H2,23,28,29). The Kier molecular flexibility index (Phi) is 5.29. The predicted octanol–water partition coefficient (Wildman–Crippen LogP) is 5.11. The highest BCUT2D eigenvalue weighted by molar-refractivity contribution is 7.89. The Morgan fingerprint density at radius 2 is 1.67 bits per heavy atom. The lowest BCUT2D eigenvalue weighted by atomic mass is 10.2. The highest BCUT2D eigenvalue weighted by Gasteiger charge is 2.17. The number of rotatable bonds is 5. The summed E-state index contributed by atoms with van der Waals surface area (Å²) in [6.45, 7) is 0.448. The van der Waals surface area contributed by atoms with Gasteiger partial charge in [0.2, 0.25) is 15.9 Å². The van der Waals surface area contributed by atoms with Crippen LogP contribution < -0.4 is 5.14 Å². The maximum absolute atomic E-state index is 11.4. The summed E-state index contributed by atoms with van der Waals surface area (Å²) in [4.78, 5) is -0.0180. The van der Waals surface area contributed by atoms with Gasteiger partial charge in [-0.1, -0.05) is 41.9 Å². The van der Waals surface area contributed by atoms with Gasteiger partial charge < -0.3 is 9.67 Å². The van der Waals surface area contributed by atoms with Crippen molar-refractivity contribution in [3.63, 3.8) is 0 Å². The van der Waals surface area contributed by atoms with Crippen molar-refractivity contribution in [1.29, 1.82) is 0 Å². The van der Waals surface area contributed by atoms with E-state index in [1.165, 1.54) is 24.3 Å². The van der Waals surface area contributed by atoms with E-state index in [1.54, 1.807) is 16.7 Å². The normalized spacial score (nSPS) is 12.1. The molecule has 0 aliphatic heterocycles. The van der Waals surface area contributed by atoms with E-state index >= 15 is 0 Å². The Bertz CT molecular complexity index is 1350. The Labute approximate surface area is 178 Å². The zero-order valence-corrected chi connectivity index (χ0v) is 17.2. The summed E-state index contributed by atoms with van der Waals surface area (Å²) in [5.74, 6) is -0.0407. The molecule has 0 bridgehead atoms. The second kappa shape index (κ2) is 7.91. The van der Waals surface area contributed by atoms with Gasteiger partial charge in [0.15, 0.2) is 5.69 Å². The van der Waals surface area contributed by atoms with E-state index in [-0.39, 0.29) is 16.5 Å². The minimum Gasteiger partial charge on any atom is -0.493 e. The quantitative estimate of drug-likeness (QED) is 0.420. The van der Waals surface area contributed by atoms with Crippen LogP contribution in [0.2, 0.25) is 5.02 Å². The number of aromatic nitrogens is 1. The van der Waals surface area contributed by atoms with Crippen LogP contribution in [0.25, 0.3) is 10.9 Å². The first kappa shape index (κ1) is 20.1. The van der Waals surface area contributed by atoms with Crippen LogP contribution in [0.4, 0.5) is 11.4 Å². The van der Waals surface area contributed by atoms with Gasteiger partial charge in [0, 0.05) is 10.4 Å². The number of nitrogens with two attached hydrogens (primary N) is 1.